The molecule has 0 bridgehead atoms. The van der Waals surface area contributed by atoms with Crippen LogP contribution in [0.4, 0.5) is 5.69 Å². The third-order valence-electron chi connectivity index (χ3n) is 3.80. The van der Waals surface area contributed by atoms with Crippen molar-refractivity contribution in [3.63, 3.8) is 0 Å². The Morgan fingerprint density at radius 3 is 2.58 bits per heavy atom. The lowest BCUT2D eigenvalue weighted by Crippen LogP contribution is -2.47. The van der Waals surface area contributed by atoms with Gasteiger partial charge in [0.15, 0.2) is 0 Å². The molecule has 2 rings (SSSR count). The van der Waals surface area contributed by atoms with E-state index >= 15 is 0 Å². The van der Waals surface area contributed by atoms with Gasteiger partial charge in [0.1, 0.15) is 0 Å². The average Bonchev–Trinajstić information content (AvgIpc) is 2.48. The SMILES string of the molecule is CNC(C)c1ccc(N2CCN(CCO)CC2)cn1. The molecule has 5 heteroatoms. The molecule has 2 heterocycles. The van der Waals surface area contributed by atoms with Crippen LogP contribution in [0.1, 0.15) is 18.7 Å². The minimum Gasteiger partial charge on any atom is -0.395 e. The predicted octanol–water partition coefficient (Wildman–Crippen LogP) is 0.476. The van der Waals surface area contributed by atoms with Crippen LogP contribution in [0, 0.1) is 0 Å². The number of hydrogen-bond acceptors (Lipinski definition) is 5. The van der Waals surface area contributed by atoms with E-state index < -0.39 is 0 Å². The number of nitrogens with one attached hydrogen (secondary N) is 1. The number of pyridine rings is 1. The van der Waals surface area contributed by atoms with Gasteiger partial charge in [0, 0.05) is 38.8 Å². The molecule has 1 unspecified atom stereocenters. The van der Waals surface area contributed by atoms with E-state index in [1.807, 2.05) is 13.2 Å². The third kappa shape index (κ3) is 3.65. The second-order valence-corrected chi connectivity index (χ2v) is 5.00. The zero-order valence-corrected chi connectivity index (χ0v) is 11.8. The third-order valence-corrected chi connectivity index (χ3v) is 3.80. The highest BCUT2D eigenvalue weighted by molar-refractivity contribution is 5.45. The summed E-state index contributed by atoms with van der Waals surface area (Å²) in [7, 11) is 1.95. The first-order valence-corrected chi connectivity index (χ1v) is 6.96. The van der Waals surface area contributed by atoms with Crippen molar-refractivity contribution in [3.8, 4) is 0 Å². The fourth-order valence-corrected chi connectivity index (χ4v) is 2.36. The van der Waals surface area contributed by atoms with E-state index in [1.54, 1.807) is 0 Å². The minimum atomic E-state index is 0.248. The van der Waals surface area contributed by atoms with Crippen LogP contribution in [0.2, 0.25) is 0 Å². The number of aliphatic hydroxyl groups is 1. The Bertz CT molecular complexity index is 374. The van der Waals surface area contributed by atoms with Gasteiger partial charge in [-0.2, -0.15) is 0 Å². The van der Waals surface area contributed by atoms with Gasteiger partial charge in [0.25, 0.3) is 0 Å². The maximum absolute atomic E-state index is 8.94. The summed E-state index contributed by atoms with van der Waals surface area (Å²) >= 11 is 0. The van der Waals surface area contributed by atoms with Gasteiger partial charge in [0.2, 0.25) is 0 Å². The van der Waals surface area contributed by atoms with Crippen molar-refractivity contribution < 1.29 is 5.11 Å². The Morgan fingerprint density at radius 2 is 2.05 bits per heavy atom. The van der Waals surface area contributed by atoms with Gasteiger partial charge in [-0.1, -0.05) is 0 Å². The number of aromatic nitrogens is 1. The largest absolute Gasteiger partial charge is 0.395 e. The first kappa shape index (κ1) is 14.2. The molecule has 0 aliphatic carbocycles. The number of nitrogens with zero attached hydrogens (tertiary/aromatic N) is 3. The monoisotopic (exact) mass is 264 g/mol. The molecule has 0 spiro atoms. The van der Waals surface area contributed by atoms with Crippen LogP contribution in [-0.4, -0.2) is 61.4 Å². The number of anilines is 1. The van der Waals surface area contributed by atoms with Crippen LogP contribution in [0.15, 0.2) is 18.3 Å². The molecule has 5 nitrogen and oxygen atoms in total. The van der Waals surface area contributed by atoms with E-state index in [0.29, 0.717) is 0 Å². The van der Waals surface area contributed by atoms with Gasteiger partial charge >= 0.3 is 0 Å². The molecule has 1 saturated heterocycles. The van der Waals surface area contributed by atoms with E-state index in [-0.39, 0.29) is 12.6 Å². The van der Waals surface area contributed by atoms with Crippen molar-refractivity contribution >= 4 is 5.69 Å². The Balaban J connectivity index is 1.92. The highest BCUT2D eigenvalue weighted by atomic mass is 16.3. The lowest BCUT2D eigenvalue weighted by atomic mass is 10.2. The van der Waals surface area contributed by atoms with Crippen molar-refractivity contribution in [2.45, 2.75) is 13.0 Å². The van der Waals surface area contributed by atoms with Crippen molar-refractivity contribution in [1.29, 1.82) is 0 Å². The van der Waals surface area contributed by atoms with E-state index in [1.165, 1.54) is 5.69 Å². The van der Waals surface area contributed by atoms with E-state index in [9.17, 15) is 0 Å². The van der Waals surface area contributed by atoms with Crippen LogP contribution in [0.3, 0.4) is 0 Å². The Labute approximate surface area is 115 Å². The Hall–Kier alpha value is -1.17. The summed E-state index contributed by atoms with van der Waals surface area (Å²) in [5, 5.41) is 12.1. The zero-order valence-electron chi connectivity index (χ0n) is 11.8. The molecule has 0 aromatic carbocycles. The van der Waals surface area contributed by atoms with E-state index in [4.69, 9.17) is 5.11 Å². The lowest BCUT2D eigenvalue weighted by Gasteiger charge is -2.35. The van der Waals surface area contributed by atoms with Crippen molar-refractivity contribution in [2.75, 3.05) is 51.3 Å². The normalized spacial score (nSPS) is 18.6. The molecular weight excluding hydrogens is 240 g/mol. The van der Waals surface area contributed by atoms with Crippen LogP contribution < -0.4 is 10.2 Å². The molecule has 1 atom stereocenters. The smallest absolute Gasteiger partial charge is 0.0571 e. The van der Waals surface area contributed by atoms with Gasteiger partial charge in [-0.3, -0.25) is 9.88 Å². The molecule has 0 saturated carbocycles. The van der Waals surface area contributed by atoms with Crippen molar-refractivity contribution in [2.24, 2.45) is 0 Å². The molecule has 106 valence electrons. The highest BCUT2D eigenvalue weighted by Gasteiger charge is 2.17. The molecular formula is C14H24N4O. The summed E-state index contributed by atoms with van der Waals surface area (Å²) in [6.07, 6.45) is 1.96. The summed E-state index contributed by atoms with van der Waals surface area (Å²) in [4.78, 5) is 9.17. The summed E-state index contributed by atoms with van der Waals surface area (Å²) in [6.45, 7) is 7.16. The maximum atomic E-state index is 8.94. The van der Waals surface area contributed by atoms with Gasteiger partial charge in [0.05, 0.1) is 24.2 Å². The molecule has 1 aliphatic heterocycles. The van der Waals surface area contributed by atoms with Crippen LogP contribution in [0.5, 0.6) is 0 Å². The average molecular weight is 264 g/mol. The van der Waals surface area contributed by atoms with Gasteiger partial charge < -0.3 is 15.3 Å². The van der Waals surface area contributed by atoms with Crippen molar-refractivity contribution in [3.05, 3.63) is 24.0 Å². The molecule has 1 aromatic heterocycles. The quantitative estimate of drug-likeness (QED) is 0.810. The minimum absolute atomic E-state index is 0.248. The van der Waals surface area contributed by atoms with E-state index in [0.717, 1.165) is 38.4 Å². The number of rotatable bonds is 5. The molecule has 1 fully saturated rings. The van der Waals surface area contributed by atoms with Crippen LogP contribution >= 0.6 is 0 Å². The first-order valence-electron chi connectivity index (χ1n) is 6.96. The lowest BCUT2D eigenvalue weighted by molar-refractivity contribution is 0.189. The standard InChI is InChI=1S/C14H24N4O/c1-12(15-2)14-4-3-13(11-16-14)18-7-5-17(6-8-18)9-10-19/h3-4,11-12,15,19H,5-10H2,1-2H3. The van der Waals surface area contributed by atoms with Crippen LogP contribution in [-0.2, 0) is 0 Å². The maximum Gasteiger partial charge on any atom is 0.0571 e. The highest BCUT2D eigenvalue weighted by Crippen LogP contribution is 2.17. The summed E-state index contributed by atoms with van der Waals surface area (Å²) in [5.74, 6) is 0. The van der Waals surface area contributed by atoms with Gasteiger partial charge in [-0.15, -0.1) is 0 Å². The molecule has 1 aliphatic rings. The summed E-state index contributed by atoms with van der Waals surface area (Å²) in [5.41, 5.74) is 2.26. The number of hydrogen-bond donors (Lipinski definition) is 2. The van der Waals surface area contributed by atoms with E-state index in [2.05, 4.69) is 39.2 Å². The molecule has 19 heavy (non-hydrogen) atoms. The number of β-amino-alcohol motifs (C(OH)–C–C–N with tert-alkyl or cyclic N) is 1. The molecule has 1 aromatic rings. The molecule has 0 radical (unpaired) electrons. The Kier molecular flexibility index (Phi) is 5.13. The van der Waals surface area contributed by atoms with Gasteiger partial charge in [-0.05, 0) is 26.1 Å². The second-order valence-electron chi connectivity index (χ2n) is 5.00. The second kappa shape index (κ2) is 6.84. The fraction of sp³-hybridized carbons (Fsp3) is 0.643. The van der Waals surface area contributed by atoms with Crippen molar-refractivity contribution in [1.82, 2.24) is 15.2 Å². The summed E-state index contributed by atoms with van der Waals surface area (Å²) < 4.78 is 0. The predicted molar refractivity (Wildman–Crippen MR) is 77.5 cm³/mol. The summed E-state index contributed by atoms with van der Waals surface area (Å²) in [6, 6.07) is 4.53. The number of aliphatic hydroxyl groups excluding tert-OH is 1. The number of piperazine rings is 1. The topological polar surface area (TPSA) is 51.6 Å². The zero-order chi connectivity index (χ0) is 13.7. The molecule has 0 amide bonds. The molecule has 2 N–H and O–H groups in total. The first-order chi connectivity index (χ1) is 9.24. The Morgan fingerprint density at radius 1 is 1.32 bits per heavy atom. The fourth-order valence-electron chi connectivity index (χ4n) is 2.36. The van der Waals surface area contributed by atoms with Crippen LogP contribution in [0.25, 0.3) is 0 Å². The van der Waals surface area contributed by atoms with Gasteiger partial charge in [-0.25, -0.2) is 0 Å².